The molecule has 0 saturated heterocycles. The predicted molar refractivity (Wildman–Crippen MR) is 66.5 cm³/mol. The van der Waals surface area contributed by atoms with Gasteiger partial charge in [0.05, 0.1) is 21.9 Å². The summed E-state index contributed by atoms with van der Waals surface area (Å²) in [4.78, 5) is 11.0. The molecule has 88 valence electrons. The lowest BCUT2D eigenvalue weighted by Gasteiger charge is -2.05. The van der Waals surface area contributed by atoms with Gasteiger partial charge in [-0.15, -0.1) is 0 Å². The van der Waals surface area contributed by atoms with E-state index in [1.54, 1.807) is 18.2 Å². The normalized spacial score (nSPS) is 10.5. The fourth-order valence-electron chi connectivity index (χ4n) is 1.37. The van der Waals surface area contributed by atoms with Crippen molar-refractivity contribution in [3.05, 3.63) is 40.0 Å². The first-order valence-corrected chi connectivity index (χ1v) is 5.35. The topological polar surface area (TPSA) is 86.9 Å². The summed E-state index contributed by atoms with van der Waals surface area (Å²) in [6.45, 7) is 0. The van der Waals surface area contributed by atoms with Crippen molar-refractivity contribution < 1.29 is 4.79 Å². The number of carbonyl (C=O) groups is 1. The van der Waals surface area contributed by atoms with Crippen LogP contribution in [-0.2, 0) is 0 Å². The summed E-state index contributed by atoms with van der Waals surface area (Å²) < 4.78 is 1.36. The average Bonchev–Trinajstić information content (AvgIpc) is 2.64. The van der Waals surface area contributed by atoms with E-state index in [1.165, 1.54) is 10.9 Å². The molecule has 1 aromatic heterocycles. The van der Waals surface area contributed by atoms with Crippen LogP contribution < -0.4 is 11.5 Å². The molecule has 1 heterocycles. The van der Waals surface area contributed by atoms with E-state index in [0.717, 1.165) is 0 Å². The molecule has 0 radical (unpaired) electrons. The first-order chi connectivity index (χ1) is 8.00. The molecular weight excluding hydrogens is 263 g/mol. The summed E-state index contributed by atoms with van der Waals surface area (Å²) in [5.74, 6) is -0.468. The van der Waals surface area contributed by atoms with Crippen molar-refractivity contribution in [1.82, 2.24) is 9.78 Å². The molecule has 0 fully saturated rings. The van der Waals surface area contributed by atoms with E-state index >= 15 is 0 Å². The molecule has 0 aliphatic rings. The molecule has 17 heavy (non-hydrogen) atoms. The lowest BCUT2D eigenvalue weighted by Crippen LogP contribution is -2.13. The molecule has 4 N–H and O–H groups in total. The number of aromatic nitrogens is 2. The smallest absolute Gasteiger partial charge is 0.254 e. The van der Waals surface area contributed by atoms with Crippen molar-refractivity contribution in [2.24, 2.45) is 5.73 Å². The Kier molecular flexibility index (Phi) is 2.95. The van der Waals surface area contributed by atoms with Crippen molar-refractivity contribution in [1.29, 1.82) is 0 Å². The van der Waals surface area contributed by atoms with E-state index in [4.69, 9.17) is 34.7 Å². The van der Waals surface area contributed by atoms with Gasteiger partial charge in [0.15, 0.2) is 0 Å². The van der Waals surface area contributed by atoms with Crippen LogP contribution in [0.25, 0.3) is 5.69 Å². The highest BCUT2D eigenvalue weighted by Crippen LogP contribution is 2.25. The Morgan fingerprint density at radius 1 is 1.29 bits per heavy atom. The Morgan fingerprint density at radius 2 is 2.00 bits per heavy atom. The van der Waals surface area contributed by atoms with E-state index in [0.29, 0.717) is 15.7 Å². The molecular formula is C10H8Cl2N4O. The van der Waals surface area contributed by atoms with Crippen molar-refractivity contribution in [2.75, 3.05) is 5.73 Å². The molecule has 1 aromatic carbocycles. The maximum atomic E-state index is 11.0. The van der Waals surface area contributed by atoms with Crippen molar-refractivity contribution in [3.8, 4) is 5.69 Å². The zero-order chi connectivity index (χ0) is 12.6. The number of primary amides is 1. The van der Waals surface area contributed by atoms with Crippen LogP contribution in [0.5, 0.6) is 0 Å². The van der Waals surface area contributed by atoms with E-state index in [2.05, 4.69) is 5.10 Å². The zero-order valence-corrected chi connectivity index (χ0v) is 10.0. The number of hydrogen-bond acceptors (Lipinski definition) is 3. The van der Waals surface area contributed by atoms with Crippen LogP contribution >= 0.6 is 23.2 Å². The molecule has 5 nitrogen and oxygen atoms in total. The minimum Gasteiger partial charge on any atom is -0.383 e. The number of anilines is 1. The van der Waals surface area contributed by atoms with Gasteiger partial charge in [-0.05, 0) is 18.2 Å². The SMILES string of the molecule is NC(=O)c1cnn(-c2ccc(Cl)c(Cl)c2)c1N. The summed E-state index contributed by atoms with van der Waals surface area (Å²) >= 11 is 11.7. The van der Waals surface area contributed by atoms with Crippen molar-refractivity contribution in [2.45, 2.75) is 0 Å². The summed E-state index contributed by atoms with van der Waals surface area (Å²) in [5, 5.41) is 4.77. The lowest BCUT2D eigenvalue weighted by molar-refractivity contribution is 0.100. The Bertz CT molecular complexity index is 594. The summed E-state index contributed by atoms with van der Waals surface area (Å²) in [6.07, 6.45) is 1.31. The first kappa shape index (κ1) is 11.8. The number of hydrogen-bond donors (Lipinski definition) is 2. The molecule has 0 aliphatic heterocycles. The summed E-state index contributed by atoms with van der Waals surface area (Å²) in [5.41, 5.74) is 11.7. The lowest BCUT2D eigenvalue weighted by atomic mass is 10.3. The van der Waals surface area contributed by atoms with Crippen LogP contribution in [0.15, 0.2) is 24.4 Å². The second-order valence-corrected chi connectivity index (χ2v) is 4.13. The van der Waals surface area contributed by atoms with Gasteiger partial charge in [-0.2, -0.15) is 5.10 Å². The third kappa shape index (κ3) is 2.07. The molecule has 2 rings (SSSR count). The van der Waals surface area contributed by atoms with Gasteiger partial charge in [0.25, 0.3) is 5.91 Å². The predicted octanol–water partition coefficient (Wildman–Crippen LogP) is 1.86. The quantitative estimate of drug-likeness (QED) is 0.873. The average molecular weight is 271 g/mol. The maximum absolute atomic E-state index is 11.0. The van der Waals surface area contributed by atoms with Crippen LogP contribution in [0.2, 0.25) is 10.0 Å². The molecule has 0 spiro atoms. The van der Waals surface area contributed by atoms with Gasteiger partial charge in [0.2, 0.25) is 0 Å². The Balaban J connectivity index is 2.53. The van der Waals surface area contributed by atoms with Gasteiger partial charge in [-0.25, -0.2) is 4.68 Å². The van der Waals surface area contributed by atoms with Crippen LogP contribution in [0.1, 0.15) is 10.4 Å². The van der Waals surface area contributed by atoms with Gasteiger partial charge in [0, 0.05) is 0 Å². The number of rotatable bonds is 2. The molecule has 0 saturated carbocycles. The highest BCUT2D eigenvalue weighted by atomic mass is 35.5. The standard InChI is InChI=1S/C10H8Cl2N4O/c11-7-2-1-5(3-8(7)12)16-9(13)6(4-15-16)10(14)17/h1-4H,13H2,(H2,14,17). The number of halogens is 2. The summed E-state index contributed by atoms with van der Waals surface area (Å²) in [6, 6.07) is 4.89. The number of amides is 1. The third-order valence-corrected chi connectivity index (χ3v) is 2.96. The minimum absolute atomic E-state index is 0.163. The Hall–Kier alpha value is -1.72. The van der Waals surface area contributed by atoms with Crippen LogP contribution in [0.4, 0.5) is 5.82 Å². The maximum Gasteiger partial charge on any atom is 0.254 e. The monoisotopic (exact) mass is 270 g/mol. The highest BCUT2D eigenvalue weighted by molar-refractivity contribution is 6.42. The molecule has 2 aromatic rings. The Labute approximate surface area is 107 Å². The van der Waals surface area contributed by atoms with E-state index in [-0.39, 0.29) is 11.4 Å². The minimum atomic E-state index is -0.631. The van der Waals surface area contributed by atoms with Crippen LogP contribution in [0.3, 0.4) is 0 Å². The molecule has 0 bridgehead atoms. The molecule has 1 amide bonds. The fourth-order valence-corrected chi connectivity index (χ4v) is 1.66. The third-order valence-electron chi connectivity index (χ3n) is 2.22. The van der Waals surface area contributed by atoms with Gasteiger partial charge in [0.1, 0.15) is 11.4 Å². The second-order valence-electron chi connectivity index (χ2n) is 3.32. The molecule has 0 atom stereocenters. The number of benzene rings is 1. The summed E-state index contributed by atoms with van der Waals surface area (Å²) in [7, 11) is 0. The van der Waals surface area contributed by atoms with E-state index < -0.39 is 5.91 Å². The Morgan fingerprint density at radius 3 is 2.53 bits per heavy atom. The largest absolute Gasteiger partial charge is 0.383 e. The van der Waals surface area contributed by atoms with Gasteiger partial charge in [-0.3, -0.25) is 4.79 Å². The number of nitrogen functional groups attached to an aromatic ring is 1. The molecule has 7 heteroatoms. The fraction of sp³-hybridized carbons (Fsp3) is 0. The first-order valence-electron chi connectivity index (χ1n) is 4.59. The van der Waals surface area contributed by atoms with Crippen LogP contribution in [-0.4, -0.2) is 15.7 Å². The van der Waals surface area contributed by atoms with E-state index in [1.807, 2.05) is 0 Å². The van der Waals surface area contributed by atoms with Crippen molar-refractivity contribution >= 4 is 34.9 Å². The number of nitrogens with zero attached hydrogens (tertiary/aromatic N) is 2. The molecule has 0 aliphatic carbocycles. The number of carbonyl (C=O) groups excluding carboxylic acids is 1. The highest BCUT2D eigenvalue weighted by Gasteiger charge is 2.13. The van der Waals surface area contributed by atoms with E-state index in [9.17, 15) is 4.79 Å². The van der Waals surface area contributed by atoms with Gasteiger partial charge in [-0.1, -0.05) is 23.2 Å². The second kappa shape index (κ2) is 4.27. The van der Waals surface area contributed by atoms with Gasteiger partial charge < -0.3 is 11.5 Å². The van der Waals surface area contributed by atoms with Gasteiger partial charge >= 0.3 is 0 Å². The zero-order valence-electron chi connectivity index (χ0n) is 8.52. The molecule has 0 unspecified atom stereocenters. The van der Waals surface area contributed by atoms with Crippen LogP contribution in [0, 0.1) is 0 Å². The number of nitrogens with two attached hydrogens (primary N) is 2. The van der Waals surface area contributed by atoms with Crippen molar-refractivity contribution in [3.63, 3.8) is 0 Å².